The van der Waals surface area contributed by atoms with Crippen LogP contribution in [0.4, 0.5) is 8.78 Å². The highest BCUT2D eigenvalue weighted by Gasteiger charge is 2.56. The summed E-state index contributed by atoms with van der Waals surface area (Å²) in [5.41, 5.74) is 0. The molecule has 11 heteroatoms. The van der Waals surface area contributed by atoms with Gasteiger partial charge in [-0.05, 0) is 56.3 Å². The van der Waals surface area contributed by atoms with Crippen molar-refractivity contribution in [3.05, 3.63) is 0 Å². The first-order valence-corrected chi connectivity index (χ1v) is 10.3. The van der Waals surface area contributed by atoms with Crippen LogP contribution in [0.15, 0.2) is 0 Å². The molecule has 0 radical (unpaired) electrons. The Kier molecular flexibility index (Phi) is 7.54. The molecule has 0 amide bonds. The molecule has 2 aliphatic carbocycles. The zero-order valence-electron chi connectivity index (χ0n) is 15.1. The molecule has 0 aromatic rings. The molecule has 2 saturated carbocycles. The van der Waals surface area contributed by atoms with Gasteiger partial charge in [0.05, 0.1) is 0 Å². The normalized spacial score (nSPS) is 30.0. The molecular formula is C16H26F2O8S. The third kappa shape index (κ3) is 5.57. The molecule has 0 heterocycles. The van der Waals surface area contributed by atoms with Gasteiger partial charge in [-0.15, -0.1) is 0 Å². The monoisotopic (exact) mass is 416 g/mol. The average molecular weight is 416 g/mol. The summed E-state index contributed by atoms with van der Waals surface area (Å²) in [7, 11) is -4.43. The van der Waals surface area contributed by atoms with E-state index in [1.807, 2.05) is 0 Å². The molecule has 0 aliphatic heterocycles. The second-order valence-electron chi connectivity index (χ2n) is 7.26. The van der Waals surface area contributed by atoms with Gasteiger partial charge in [0.2, 0.25) is 0 Å². The molecule has 158 valence electrons. The lowest BCUT2D eigenvalue weighted by atomic mass is 9.65. The molecule has 3 unspecified atom stereocenters. The maximum Gasteiger partial charge on any atom is 0.465 e. The Morgan fingerprint density at radius 3 is 2.37 bits per heavy atom. The third-order valence-corrected chi connectivity index (χ3v) is 6.17. The highest BCUT2D eigenvalue weighted by molar-refractivity contribution is 7.87. The molecule has 2 bridgehead atoms. The predicted octanol–water partition coefficient (Wildman–Crippen LogP) is 1.92. The summed E-state index contributed by atoms with van der Waals surface area (Å²) in [6.45, 7) is -0.0168. The summed E-state index contributed by atoms with van der Waals surface area (Å²) in [5.74, 6) is -2.31. The van der Waals surface area contributed by atoms with Crippen LogP contribution in [0.2, 0.25) is 0 Å². The van der Waals surface area contributed by atoms with Crippen LogP contribution in [-0.4, -0.2) is 55.6 Å². The number of alkyl halides is 2. The van der Waals surface area contributed by atoms with Crippen LogP contribution in [0.1, 0.15) is 44.9 Å². The van der Waals surface area contributed by atoms with Crippen molar-refractivity contribution in [1.29, 1.82) is 0 Å². The number of carbonyl (C=O) groups is 1. The van der Waals surface area contributed by atoms with Gasteiger partial charge < -0.3 is 19.3 Å². The summed E-state index contributed by atoms with van der Waals surface area (Å²) in [4.78, 5) is 11.6. The summed E-state index contributed by atoms with van der Waals surface area (Å²) in [6, 6.07) is 0. The second kappa shape index (κ2) is 9.08. The molecule has 8 nitrogen and oxygen atoms in total. The van der Waals surface area contributed by atoms with Gasteiger partial charge in [-0.1, -0.05) is 6.42 Å². The molecule has 2 fully saturated rings. The van der Waals surface area contributed by atoms with E-state index in [9.17, 15) is 27.1 Å². The second-order valence-corrected chi connectivity index (χ2v) is 8.72. The number of esters is 1. The van der Waals surface area contributed by atoms with E-state index in [0.717, 1.165) is 6.42 Å². The van der Waals surface area contributed by atoms with E-state index in [1.165, 1.54) is 7.11 Å². The third-order valence-electron chi connectivity index (χ3n) is 5.36. The number of aliphatic hydroxyl groups excluding tert-OH is 1. The van der Waals surface area contributed by atoms with Gasteiger partial charge in [0.15, 0.2) is 6.29 Å². The van der Waals surface area contributed by atoms with Crippen molar-refractivity contribution in [2.24, 2.45) is 17.8 Å². The Morgan fingerprint density at radius 2 is 1.85 bits per heavy atom. The quantitative estimate of drug-likeness (QED) is 0.332. The maximum absolute atomic E-state index is 13.5. The number of carbonyl (C=O) groups excluding carboxylic acids is 1. The average Bonchev–Trinajstić information content (AvgIpc) is 2.57. The van der Waals surface area contributed by atoms with Crippen molar-refractivity contribution >= 4 is 16.1 Å². The highest BCUT2D eigenvalue weighted by Crippen LogP contribution is 2.46. The molecule has 0 aromatic heterocycles. The molecule has 27 heavy (non-hydrogen) atoms. The summed E-state index contributed by atoms with van der Waals surface area (Å²) in [5, 5.41) is 4.74. The fraction of sp³-hybridized carbons (Fsp3) is 0.938. The van der Waals surface area contributed by atoms with Gasteiger partial charge in [-0.2, -0.15) is 17.2 Å². The van der Waals surface area contributed by atoms with E-state index in [-0.39, 0.29) is 24.5 Å². The highest BCUT2D eigenvalue weighted by atomic mass is 32.2. The van der Waals surface area contributed by atoms with Gasteiger partial charge in [-0.25, -0.2) is 4.79 Å². The number of rotatable bonds is 9. The first-order chi connectivity index (χ1) is 12.6. The smallest absolute Gasteiger partial charge is 0.456 e. The Labute approximate surface area is 156 Å². The van der Waals surface area contributed by atoms with Crippen molar-refractivity contribution in [3.8, 4) is 0 Å². The van der Waals surface area contributed by atoms with E-state index in [4.69, 9.17) is 18.8 Å². The van der Waals surface area contributed by atoms with Crippen molar-refractivity contribution in [3.63, 3.8) is 0 Å². The van der Waals surface area contributed by atoms with Gasteiger partial charge in [-0.3, -0.25) is 4.55 Å². The minimum atomic E-state index is -5.87. The summed E-state index contributed by atoms with van der Waals surface area (Å²) < 4.78 is 71.5. The lowest BCUT2D eigenvalue weighted by Crippen LogP contribution is -2.48. The molecule has 0 saturated heterocycles. The SMILES string of the molecule is COCOC(O)CCC1CC2CCCC(C1)C2OC(=O)C(F)(F)S(=O)(=O)O. The molecule has 2 N–H and O–H groups in total. The number of ether oxygens (including phenoxy) is 3. The topological polar surface area (TPSA) is 119 Å². The number of hydrogen-bond donors (Lipinski definition) is 2. The number of halogens is 2. The minimum absolute atomic E-state index is 0.0168. The molecule has 3 atom stereocenters. The summed E-state index contributed by atoms with van der Waals surface area (Å²) >= 11 is 0. The lowest BCUT2D eigenvalue weighted by Gasteiger charge is -2.45. The molecular weight excluding hydrogens is 390 g/mol. The Bertz CT molecular complexity index is 598. The largest absolute Gasteiger partial charge is 0.465 e. The van der Waals surface area contributed by atoms with E-state index >= 15 is 0 Å². The Morgan fingerprint density at radius 1 is 1.26 bits per heavy atom. The van der Waals surface area contributed by atoms with E-state index < -0.39 is 33.7 Å². The standard InChI is InChI=1S/C16H26F2O8S/c1-24-9-25-13(19)6-5-10-7-11-3-2-4-12(8-10)14(11)26-15(20)16(17,18)27(21,22)23/h10-14,19H,2-9H2,1H3,(H,21,22,23). The lowest BCUT2D eigenvalue weighted by molar-refractivity contribution is -0.180. The maximum atomic E-state index is 13.5. The Hall–Kier alpha value is -0.880. The predicted molar refractivity (Wildman–Crippen MR) is 88.1 cm³/mol. The first-order valence-electron chi connectivity index (χ1n) is 8.90. The number of fused-ring (bicyclic) bond motifs is 2. The number of aliphatic hydroxyl groups is 1. The van der Waals surface area contributed by atoms with Crippen LogP contribution in [0, 0.1) is 17.8 Å². The number of methoxy groups -OCH3 is 1. The van der Waals surface area contributed by atoms with E-state index in [1.54, 1.807) is 0 Å². The number of hydrogen-bond acceptors (Lipinski definition) is 7. The van der Waals surface area contributed by atoms with Crippen LogP contribution in [0.3, 0.4) is 0 Å². The zero-order chi connectivity index (χ0) is 20.2. The van der Waals surface area contributed by atoms with Crippen molar-refractivity contribution < 1.29 is 45.9 Å². The van der Waals surface area contributed by atoms with Crippen molar-refractivity contribution in [2.75, 3.05) is 13.9 Å². The van der Waals surface area contributed by atoms with Crippen molar-refractivity contribution in [2.45, 2.75) is 62.6 Å². The molecule has 0 aromatic carbocycles. The molecule has 0 spiro atoms. The minimum Gasteiger partial charge on any atom is -0.456 e. The molecule has 2 aliphatic rings. The zero-order valence-corrected chi connectivity index (χ0v) is 15.9. The van der Waals surface area contributed by atoms with Crippen LogP contribution in [0.5, 0.6) is 0 Å². The van der Waals surface area contributed by atoms with Crippen LogP contribution in [-0.2, 0) is 29.1 Å². The summed E-state index contributed by atoms with van der Waals surface area (Å²) in [6.07, 6.45) is 2.84. The Balaban J connectivity index is 1.94. The van der Waals surface area contributed by atoms with E-state index in [0.29, 0.717) is 38.5 Å². The van der Waals surface area contributed by atoms with Crippen LogP contribution < -0.4 is 0 Å². The fourth-order valence-corrected chi connectivity index (χ4v) is 4.40. The van der Waals surface area contributed by atoms with Crippen molar-refractivity contribution in [1.82, 2.24) is 0 Å². The van der Waals surface area contributed by atoms with Gasteiger partial charge in [0.1, 0.15) is 12.9 Å². The van der Waals surface area contributed by atoms with Gasteiger partial charge in [0, 0.05) is 7.11 Å². The van der Waals surface area contributed by atoms with Crippen LogP contribution >= 0.6 is 0 Å². The molecule has 2 rings (SSSR count). The first kappa shape index (κ1) is 22.4. The van der Waals surface area contributed by atoms with Crippen LogP contribution in [0.25, 0.3) is 0 Å². The fourth-order valence-electron chi connectivity index (χ4n) is 4.15. The van der Waals surface area contributed by atoms with E-state index in [2.05, 4.69) is 0 Å². The van der Waals surface area contributed by atoms with Gasteiger partial charge in [0.25, 0.3) is 0 Å². The van der Waals surface area contributed by atoms with Gasteiger partial charge >= 0.3 is 21.3 Å².